The Balaban J connectivity index is 0.000000422. The van der Waals surface area contributed by atoms with E-state index in [1.54, 1.807) is 42.5 Å². The molecule has 0 fully saturated rings. The molecule has 0 amide bonds. The number of rotatable bonds is 3. The molecule has 0 spiro atoms. The highest BCUT2D eigenvalue weighted by Gasteiger charge is 2.19. The molecule has 0 atom stereocenters. The van der Waals surface area contributed by atoms with Crippen LogP contribution in [0.2, 0.25) is 0 Å². The summed E-state index contributed by atoms with van der Waals surface area (Å²) in [7, 11) is -4.64. The first-order valence-electron chi connectivity index (χ1n) is 5.81. The van der Waals surface area contributed by atoms with Gasteiger partial charge in [0.05, 0.1) is 4.92 Å². The first-order chi connectivity index (χ1) is 10.2. The summed E-state index contributed by atoms with van der Waals surface area (Å²) in [6.45, 7) is 0. The summed E-state index contributed by atoms with van der Waals surface area (Å²) in [4.78, 5) is 43.9. The van der Waals surface area contributed by atoms with Crippen molar-refractivity contribution in [3.05, 3.63) is 75.8 Å². The number of benzene rings is 2. The number of ketones is 1. The zero-order valence-electron chi connectivity index (χ0n) is 11.1. The van der Waals surface area contributed by atoms with Gasteiger partial charge in [-0.05, 0) is 6.07 Å². The predicted molar refractivity (Wildman–Crippen MR) is 77.2 cm³/mol. The standard InChI is InChI=1S/C13H9NO3.H3O4P/c15-13(10-6-2-1-3-7-10)11-8-4-5-9-12(11)14(16)17;1-5(2,3)4/h1-9H;(H3,1,2,3,4). The van der Waals surface area contributed by atoms with Crippen molar-refractivity contribution in [2.45, 2.75) is 0 Å². The number of hydrogen-bond donors (Lipinski definition) is 3. The van der Waals surface area contributed by atoms with Crippen molar-refractivity contribution in [2.75, 3.05) is 0 Å². The number of nitro groups is 1. The van der Waals surface area contributed by atoms with E-state index in [9.17, 15) is 14.9 Å². The van der Waals surface area contributed by atoms with Gasteiger partial charge in [-0.25, -0.2) is 4.57 Å². The minimum Gasteiger partial charge on any atom is -0.303 e. The molecule has 0 radical (unpaired) electrons. The molecule has 0 aliphatic rings. The molecule has 3 N–H and O–H groups in total. The van der Waals surface area contributed by atoms with E-state index in [0.29, 0.717) is 5.56 Å². The van der Waals surface area contributed by atoms with Gasteiger partial charge in [-0.15, -0.1) is 0 Å². The van der Waals surface area contributed by atoms with Gasteiger partial charge in [0.1, 0.15) is 5.56 Å². The summed E-state index contributed by atoms with van der Waals surface area (Å²) in [5, 5.41) is 10.8. The molecule has 0 aromatic heterocycles. The van der Waals surface area contributed by atoms with Gasteiger partial charge in [0.2, 0.25) is 0 Å². The van der Waals surface area contributed by atoms with Crippen molar-refractivity contribution in [3.63, 3.8) is 0 Å². The fourth-order valence-corrected chi connectivity index (χ4v) is 1.57. The van der Waals surface area contributed by atoms with Crippen LogP contribution < -0.4 is 0 Å². The van der Waals surface area contributed by atoms with E-state index in [1.165, 1.54) is 12.1 Å². The predicted octanol–water partition coefficient (Wildman–Crippen LogP) is 1.90. The molecule has 0 aliphatic carbocycles. The third-order valence-corrected chi connectivity index (χ3v) is 2.38. The molecule has 0 saturated carbocycles. The van der Waals surface area contributed by atoms with E-state index in [-0.39, 0.29) is 17.0 Å². The second-order valence-electron chi connectivity index (χ2n) is 3.98. The molecule has 0 heterocycles. The molecule has 9 heteroatoms. The molecule has 0 saturated heterocycles. The van der Waals surface area contributed by atoms with Crippen LogP contribution in [0.1, 0.15) is 15.9 Å². The Morgan fingerprint density at radius 3 is 1.91 bits per heavy atom. The summed E-state index contributed by atoms with van der Waals surface area (Å²) in [6.07, 6.45) is 0. The van der Waals surface area contributed by atoms with Crippen molar-refractivity contribution in [1.29, 1.82) is 0 Å². The third kappa shape index (κ3) is 5.94. The summed E-state index contributed by atoms with van der Waals surface area (Å²) in [5.41, 5.74) is 0.395. The molecule has 2 aromatic carbocycles. The van der Waals surface area contributed by atoms with Gasteiger partial charge in [-0.1, -0.05) is 42.5 Å². The Labute approximate surface area is 125 Å². The van der Waals surface area contributed by atoms with E-state index < -0.39 is 12.7 Å². The van der Waals surface area contributed by atoms with Crippen molar-refractivity contribution in [2.24, 2.45) is 0 Å². The van der Waals surface area contributed by atoms with Crippen LogP contribution in [-0.2, 0) is 4.57 Å². The van der Waals surface area contributed by atoms with Crippen LogP contribution in [-0.4, -0.2) is 25.4 Å². The number of carbonyl (C=O) groups is 1. The average molecular weight is 325 g/mol. The number of para-hydroxylation sites is 1. The zero-order valence-corrected chi connectivity index (χ0v) is 12.0. The summed E-state index contributed by atoms with van der Waals surface area (Å²) in [6, 6.07) is 14.5. The molecular formula is C13H12NO7P. The lowest BCUT2D eigenvalue weighted by molar-refractivity contribution is -0.385. The number of nitrogens with zero attached hydrogens (tertiary/aromatic N) is 1. The normalized spacial score (nSPS) is 10.3. The lowest BCUT2D eigenvalue weighted by atomic mass is 10.0. The summed E-state index contributed by atoms with van der Waals surface area (Å²) in [5.74, 6) is -0.335. The van der Waals surface area contributed by atoms with Gasteiger partial charge < -0.3 is 14.7 Å². The molecule has 22 heavy (non-hydrogen) atoms. The molecule has 0 unspecified atom stereocenters. The van der Waals surface area contributed by atoms with Crippen LogP contribution in [0.25, 0.3) is 0 Å². The van der Waals surface area contributed by atoms with Gasteiger partial charge in [-0.2, -0.15) is 0 Å². The second kappa shape index (κ2) is 7.58. The lowest BCUT2D eigenvalue weighted by Crippen LogP contribution is -2.04. The van der Waals surface area contributed by atoms with Gasteiger partial charge in [0.15, 0.2) is 5.78 Å². The highest BCUT2D eigenvalue weighted by molar-refractivity contribution is 7.45. The minimum absolute atomic E-state index is 0.115. The highest BCUT2D eigenvalue weighted by atomic mass is 31.2. The Hall–Kier alpha value is -2.38. The Morgan fingerprint density at radius 1 is 0.955 bits per heavy atom. The maximum absolute atomic E-state index is 12.1. The maximum Gasteiger partial charge on any atom is 0.466 e. The number of carbonyl (C=O) groups excluding carboxylic acids is 1. The molecule has 2 rings (SSSR count). The van der Waals surface area contributed by atoms with E-state index >= 15 is 0 Å². The Kier molecular flexibility index (Phi) is 6.09. The van der Waals surface area contributed by atoms with Crippen LogP contribution in [0, 0.1) is 10.1 Å². The van der Waals surface area contributed by atoms with E-state index in [0.717, 1.165) is 0 Å². The first-order valence-corrected chi connectivity index (χ1v) is 7.38. The number of nitro benzene ring substituents is 1. The Morgan fingerprint density at radius 2 is 1.41 bits per heavy atom. The van der Waals surface area contributed by atoms with Crippen molar-refractivity contribution in [1.82, 2.24) is 0 Å². The number of hydrogen-bond acceptors (Lipinski definition) is 4. The van der Waals surface area contributed by atoms with E-state index in [1.807, 2.05) is 0 Å². The second-order valence-corrected chi connectivity index (χ2v) is 5.01. The zero-order chi connectivity index (χ0) is 16.8. The van der Waals surface area contributed by atoms with Crippen molar-refractivity contribution >= 4 is 19.3 Å². The monoisotopic (exact) mass is 325 g/mol. The number of phosphoric acid groups is 1. The van der Waals surface area contributed by atoms with E-state index in [4.69, 9.17) is 19.2 Å². The van der Waals surface area contributed by atoms with E-state index in [2.05, 4.69) is 0 Å². The average Bonchev–Trinajstić information content (AvgIpc) is 2.45. The molecule has 0 aliphatic heterocycles. The molecular weight excluding hydrogens is 313 g/mol. The van der Waals surface area contributed by atoms with Crippen LogP contribution in [0.3, 0.4) is 0 Å². The molecule has 8 nitrogen and oxygen atoms in total. The fraction of sp³-hybridized carbons (Fsp3) is 0. The molecule has 116 valence electrons. The van der Waals surface area contributed by atoms with Crippen LogP contribution in [0.5, 0.6) is 0 Å². The summed E-state index contributed by atoms with van der Waals surface area (Å²) >= 11 is 0. The first kappa shape index (κ1) is 17.7. The van der Waals surface area contributed by atoms with Gasteiger partial charge >= 0.3 is 7.82 Å². The Bertz CT molecular complexity index is 703. The largest absolute Gasteiger partial charge is 0.466 e. The van der Waals surface area contributed by atoms with Crippen LogP contribution in [0.4, 0.5) is 5.69 Å². The molecule has 0 bridgehead atoms. The van der Waals surface area contributed by atoms with Crippen molar-refractivity contribution < 1.29 is 29.0 Å². The molecule has 2 aromatic rings. The maximum atomic E-state index is 12.1. The van der Waals surface area contributed by atoms with Crippen LogP contribution in [0.15, 0.2) is 54.6 Å². The van der Waals surface area contributed by atoms with Crippen molar-refractivity contribution in [3.8, 4) is 0 Å². The highest BCUT2D eigenvalue weighted by Crippen LogP contribution is 2.25. The van der Waals surface area contributed by atoms with Gasteiger partial charge in [0.25, 0.3) is 5.69 Å². The minimum atomic E-state index is -4.64. The SMILES string of the molecule is O=C(c1ccccc1)c1ccccc1[N+](=O)[O-].O=P(O)(O)O. The lowest BCUT2D eigenvalue weighted by Gasteiger charge is -2.01. The fourth-order valence-electron chi connectivity index (χ4n) is 1.57. The third-order valence-electron chi connectivity index (χ3n) is 2.38. The van der Waals surface area contributed by atoms with Gasteiger partial charge in [0, 0.05) is 11.6 Å². The quantitative estimate of drug-likeness (QED) is 0.339. The topological polar surface area (TPSA) is 138 Å². The van der Waals surface area contributed by atoms with Crippen LogP contribution >= 0.6 is 7.82 Å². The van der Waals surface area contributed by atoms with Gasteiger partial charge in [-0.3, -0.25) is 14.9 Å². The summed E-state index contributed by atoms with van der Waals surface area (Å²) < 4.78 is 8.88. The smallest absolute Gasteiger partial charge is 0.303 e.